The molecule has 0 spiro atoms. The Labute approximate surface area is 141 Å². The average molecular weight is 343 g/mol. The molecule has 0 unspecified atom stereocenters. The van der Waals surface area contributed by atoms with E-state index in [0.717, 1.165) is 50.0 Å². The van der Waals surface area contributed by atoms with Crippen LogP contribution in [0.5, 0.6) is 0 Å². The fraction of sp³-hybridized carbons (Fsp3) is 0.800. The third-order valence-corrected chi connectivity index (χ3v) is 5.59. The van der Waals surface area contributed by atoms with Crippen molar-refractivity contribution in [1.29, 1.82) is 0 Å². The Morgan fingerprint density at radius 2 is 2.05 bits per heavy atom. The van der Waals surface area contributed by atoms with Crippen molar-refractivity contribution in [2.45, 2.75) is 45.3 Å². The summed E-state index contributed by atoms with van der Waals surface area (Å²) in [5.74, 6) is 1.74. The molecule has 1 aromatic rings. The largest absolute Gasteiger partial charge is 0.345 e. The normalized spacial score (nSPS) is 16.7. The first-order valence-corrected chi connectivity index (χ1v) is 9.64. The molecular formula is C15H26N4OS2. The quantitative estimate of drug-likeness (QED) is 0.842. The van der Waals surface area contributed by atoms with E-state index in [2.05, 4.69) is 42.0 Å². The zero-order chi connectivity index (χ0) is 16.2. The first-order valence-electron chi connectivity index (χ1n) is 7.88. The van der Waals surface area contributed by atoms with Crippen molar-refractivity contribution in [1.82, 2.24) is 14.3 Å². The Morgan fingerprint density at radius 3 is 2.68 bits per heavy atom. The second kappa shape index (κ2) is 7.64. The number of carbonyl (C=O) groups excluding carboxylic acids is 1. The molecule has 1 fully saturated rings. The third kappa shape index (κ3) is 5.12. The number of aryl methyl sites for hydroxylation is 1. The summed E-state index contributed by atoms with van der Waals surface area (Å²) in [6.45, 7) is 12.0. The Kier molecular flexibility index (Phi) is 6.09. The lowest BCUT2D eigenvalue weighted by atomic mass is 10.3. The minimum absolute atomic E-state index is 0.136. The molecule has 22 heavy (non-hydrogen) atoms. The maximum Gasteiger partial charge on any atom is 0.232 e. The van der Waals surface area contributed by atoms with E-state index in [-0.39, 0.29) is 10.7 Å². The van der Waals surface area contributed by atoms with Gasteiger partial charge in [-0.15, -0.1) is 11.8 Å². The lowest BCUT2D eigenvalue weighted by Gasteiger charge is -2.23. The van der Waals surface area contributed by atoms with E-state index in [1.54, 1.807) is 11.8 Å². The molecule has 1 amide bonds. The van der Waals surface area contributed by atoms with E-state index < -0.39 is 0 Å². The fourth-order valence-electron chi connectivity index (χ4n) is 2.24. The van der Waals surface area contributed by atoms with E-state index in [9.17, 15) is 4.79 Å². The van der Waals surface area contributed by atoms with Crippen LogP contribution in [-0.2, 0) is 11.2 Å². The van der Waals surface area contributed by atoms with Crippen LogP contribution in [0.3, 0.4) is 0 Å². The van der Waals surface area contributed by atoms with Gasteiger partial charge >= 0.3 is 0 Å². The number of aromatic nitrogens is 2. The van der Waals surface area contributed by atoms with Crippen molar-refractivity contribution in [2.75, 3.05) is 36.8 Å². The monoisotopic (exact) mass is 342 g/mol. The van der Waals surface area contributed by atoms with Gasteiger partial charge in [0.1, 0.15) is 5.82 Å². The standard InChI is InChI=1S/C15H26N4OS2/c1-5-12-16-14(22-17-12)19-8-6-7-18(9-10-19)13(20)11-21-15(2,3)4/h5-11H2,1-4H3. The molecule has 0 atom stereocenters. The molecule has 0 bridgehead atoms. The molecule has 1 saturated heterocycles. The molecule has 5 nitrogen and oxygen atoms in total. The summed E-state index contributed by atoms with van der Waals surface area (Å²) in [6, 6.07) is 0. The number of carbonyl (C=O) groups is 1. The molecule has 1 aliphatic heterocycles. The van der Waals surface area contributed by atoms with Crippen molar-refractivity contribution in [2.24, 2.45) is 0 Å². The minimum Gasteiger partial charge on any atom is -0.345 e. The van der Waals surface area contributed by atoms with Crippen LogP contribution in [0.1, 0.15) is 39.9 Å². The lowest BCUT2D eigenvalue weighted by Crippen LogP contribution is -2.36. The highest BCUT2D eigenvalue weighted by Gasteiger charge is 2.22. The number of thioether (sulfide) groups is 1. The van der Waals surface area contributed by atoms with Gasteiger partial charge < -0.3 is 9.80 Å². The predicted octanol–water partition coefficient (Wildman–Crippen LogP) is 2.67. The molecule has 1 aromatic heterocycles. The van der Waals surface area contributed by atoms with Crippen LogP contribution in [0, 0.1) is 0 Å². The molecule has 0 N–H and O–H groups in total. The zero-order valence-corrected chi connectivity index (χ0v) is 15.6. The number of nitrogens with zero attached hydrogens (tertiary/aromatic N) is 4. The smallest absolute Gasteiger partial charge is 0.232 e. The van der Waals surface area contributed by atoms with Gasteiger partial charge in [-0.25, -0.2) is 4.98 Å². The van der Waals surface area contributed by atoms with Crippen molar-refractivity contribution in [3.63, 3.8) is 0 Å². The Bertz CT molecular complexity index is 498. The highest BCUT2D eigenvalue weighted by molar-refractivity contribution is 8.01. The van der Waals surface area contributed by atoms with E-state index in [1.807, 2.05) is 4.90 Å². The van der Waals surface area contributed by atoms with E-state index in [4.69, 9.17) is 0 Å². The van der Waals surface area contributed by atoms with Gasteiger partial charge in [0.25, 0.3) is 0 Å². The summed E-state index contributed by atoms with van der Waals surface area (Å²) in [4.78, 5) is 21.2. The third-order valence-electron chi connectivity index (χ3n) is 3.52. The lowest BCUT2D eigenvalue weighted by molar-refractivity contribution is -0.128. The average Bonchev–Trinajstić information content (AvgIpc) is 2.81. The zero-order valence-electron chi connectivity index (χ0n) is 14.0. The van der Waals surface area contributed by atoms with Crippen LogP contribution in [0.15, 0.2) is 0 Å². The highest BCUT2D eigenvalue weighted by atomic mass is 32.2. The first kappa shape index (κ1) is 17.5. The summed E-state index contributed by atoms with van der Waals surface area (Å²) < 4.78 is 4.49. The SMILES string of the molecule is CCc1nsc(N2CCCN(C(=O)CSC(C)(C)C)CC2)n1. The Morgan fingerprint density at radius 1 is 1.27 bits per heavy atom. The molecule has 0 aliphatic carbocycles. The summed E-state index contributed by atoms with van der Waals surface area (Å²) >= 11 is 3.19. The van der Waals surface area contributed by atoms with E-state index in [1.165, 1.54) is 11.5 Å². The van der Waals surface area contributed by atoms with Gasteiger partial charge in [0, 0.05) is 48.9 Å². The maximum atomic E-state index is 12.4. The second-order valence-electron chi connectivity index (χ2n) is 6.47. The number of anilines is 1. The molecule has 7 heteroatoms. The summed E-state index contributed by atoms with van der Waals surface area (Å²) in [5, 5.41) is 0.996. The van der Waals surface area contributed by atoms with Crippen LogP contribution in [0.4, 0.5) is 5.13 Å². The second-order valence-corrected chi connectivity index (χ2v) is 9.00. The van der Waals surface area contributed by atoms with Gasteiger partial charge in [-0.1, -0.05) is 27.7 Å². The van der Waals surface area contributed by atoms with Gasteiger partial charge in [-0.2, -0.15) is 4.37 Å². The molecule has 2 heterocycles. The summed E-state index contributed by atoms with van der Waals surface area (Å²) in [6.07, 6.45) is 1.87. The Balaban J connectivity index is 1.88. The van der Waals surface area contributed by atoms with Crippen LogP contribution in [-0.4, -0.2) is 56.8 Å². The van der Waals surface area contributed by atoms with Crippen molar-refractivity contribution in [3.05, 3.63) is 5.82 Å². The Hall–Kier alpha value is -0.820. The van der Waals surface area contributed by atoms with Crippen LogP contribution >= 0.6 is 23.3 Å². The molecule has 0 aromatic carbocycles. The van der Waals surface area contributed by atoms with Gasteiger partial charge in [-0.3, -0.25) is 4.79 Å². The molecular weight excluding hydrogens is 316 g/mol. The van der Waals surface area contributed by atoms with Crippen molar-refractivity contribution >= 4 is 34.3 Å². The van der Waals surface area contributed by atoms with E-state index in [0.29, 0.717) is 5.75 Å². The molecule has 1 aliphatic rings. The first-order chi connectivity index (χ1) is 10.4. The van der Waals surface area contributed by atoms with Gasteiger partial charge in [0.15, 0.2) is 0 Å². The summed E-state index contributed by atoms with van der Waals surface area (Å²) in [5.41, 5.74) is 0. The van der Waals surface area contributed by atoms with Crippen LogP contribution in [0.25, 0.3) is 0 Å². The fourth-order valence-corrected chi connectivity index (χ4v) is 3.78. The topological polar surface area (TPSA) is 49.3 Å². The highest BCUT2D eigenvalue weighted by Crippen LogP contribution is 2.24. The molecule has 124 valence electrons. The predicted molar refractivity (Wildman–Crippen MR) is 94.9 cm³/mol. The maximum absolute atomic E-state index is 12.4. The summed E-state index contributed by atoms with van der Waals surface area (Å²) in [7, 11) is 0. The number of hydrogen-bond donors (Lipinski definition) is 0. The molecule has 2 rings (SSSR count). The van der Waals surface area contributed by atoms with Gasteiger partial charge in [-0.05, 0) is 6.42 Å². The number of amides is 1. The van der Waals surface area contributed by atoms with Gasteiger partial charge in [0.2, 0.25) is 11.0 Å². The molecule has 0 saturated carbocycles. The minimum atomic E-state index is 0.136. The van der Waals surface area contributed by atoms with E-state index >= 15 is 0 Å². The van der Waals surface area contributed by atoms with Crippen molar-refractivity contribution in [3.8, 4) is 0 Å². The number of rotatable bonds is 4. The number of hydrogen-bond acceptors (Lipinski definition) is 6. The van der Waals surface area contributed by atoms with Crippen molar-refractivity contribution < 1.29 is 4.79 Å². The molecule has 0 radical (unpaired) electrons. The van der Waals surface area contributed by atoms with Crippen LogP contribution in [0.2, 0.25) is 0 Å². The van der Waals surface area contributed by atoms with Crippen LogP contribution < -0.4 is 4.90 Å². The van der Waals surface area contributed by atoms with Gasteiger partial charge in [0.05, 0.1) is 5.75 Å².